The van der Waals surface area contributed by atoms with Crippen LogP contribution in [0.25, 0.3) is 5.52 Å². The van der Waals surface area contributed by atoms with Crippen molar-refractivity contribution < 1.29 is 23.8 Å². The summed E-state index contributed by atoms with van der Waals surface area (Å²) in [7, 11) is 0. The molecule has 0 spiro atoms. The number of nitrogens with zero attached hydrogens (tertiary/aromatic N) is 6. The number of aromatic nitrogens is 3. The highest BCUT2D eigenvalue weighted by Crippen LogP contribution is 2.36. The molecule has 220 valence electrons. The molecular weight excluding hydrogens is 551 g/mol. The van der Waals surface area contributed by atoms with Crippen LogP contribution in [0.4, 0.5) is 10.2 Å². The van der Waals surface area contributed by atoms with Gasteiger partial charge in [0.05, 0.1) is 34.5 Å². The second-order valence-corrected chi connectivity index (χ2v) is 11.5. The number of rotatable bonds is 9. The summed E-state index contributed by atoms with van der Waals surface area (Å²) in [6.45, 7) is 3.17. The first-order chi connectivity index (χ1) is 20.9. The van der Waals surface area contributed by atoms with Gasteiger partial charge in [-0.2, -0.15) is 15.3 Å². The van der Waals surface area contributed by atoms with E-state index in [4.69, 9.17) is 24.8 Å². The fraction of sp³-hybridized carbons (Fsp3) is 0.375. The van der Waals surface area contributed by atoms with Gasteiger partial charge in [0.15, 0.2) is 0 Å². The van der Waals surface area contributed by atoms with Crippen LogP contribution in [0.15, 0.2) is 54.7 Å². The lowest BCUT2D eigenvalue weighted by molar-refractivity contribution is -0.0491. The maximum Gasteiger partial charge on any atom is 0.335 e. The van der Waals surface area contributed by atoms with Gasteiger partial charge in [0.25, 0.3) is 0 Å². The lowest BCUT2D eigenvalue weighted by Crippen LogP contribution is -2.53. The van der Waals surface area contributed by atoms with E-state index >= 15 is 0 Å². The third kappa shape index (κ3) is 5.40. The molecule has 3 aromatic heterocycles. The van der Waals surface area contributed by atoms with E-state index < -0.39 is 11.8 Å². The number of hydrogen-bond acceptors (Lipinski definition) is 8. The summed E-state index contributed by atoms with van der Waals surface area (Å²) < 4.78 is 27.7. The zero-order valence-electron chi connectivity index (χ0n) is 23.5. The molecule has 3 fully saturated rings. The second-order valence-electron chi connectivity index (χ2n) is 11.5. The van der Waals surface area contributed by atoms with E-state index in [0.29, 0.717) is 18.0 Å². The number of likely N-dealkylation sites (tertiary alicyclic amines) is 1. The molecule has 0 amide bonds. The molecule has 1 N–H and O–H groups in total. The van der Waals surface area contributed by atoms with Crippen LogP contribution in [0.2, 0.25) is 0 Å². The number of benzene rings is 1. The molecule has 0 saturated carbocycles. The number of carbonyl (C=O) groups is 1. The fourth-order valence-electron chi connectivity index (χ4n) is 6.52. The first-order valence-electron chi connectivity index (χ1n) is 14.6. The maximum absolute atomic E-state index is 14.3. The van der Waals surface area contributed by atoms with Gasteiger partial charge in [0.2, 0.25) is 5.88 Å². The van der Waals surface area contributed by atoms with Gasteiger partial charge in [-0.1, -0.05) is 12.1 Å². The predicted molar refractivity (Wildman–Crippen MR) is 154 cm³/mol. The molecule has 2 unspecified atom stereocenters. The summed E-state index contributed by atoms with van der Waals surface area (Å²) in [6, 6.07) is 15.8. The minimum Gasteiger partial charge on any atom is -0.478 e. The largest absolute Gasteiger partial charge is 0.478 e. The van der Waals surface area contributed by atoms with Crippen molar-refractivity contribution in [1.82, 2.24) is 19.5 Å². The first-order valence-corrected chi connectivity index (χ1v) is 14.6. The zero-order chi connectivity index (χ0) is 29.5. The van der Waals surface area contributed by atoms with Gasteiger partial charge in [-0.3, -0.25) is 4.90 Å². The Balaban J connectivity index is 1.06. The molecule has 1 aromatic carbocycles. The van der Waals surface area contributed by atoms with Crippen LogP contribution < -0.4 is 9.64 Å². The molecule has 10 nitrogen and oxygen atoms in total. The van der Waals surface area contributed by atoms with E-state index in [9.17, 15) is 14.3 Å². The number of nitriles is 1. The number of pyridine rings is 2. The Morgan fingerprint density at radius 3 is 2.65 bits per heavy atom. The summed E-state index contributed by atoms with van der Waals surface area (Å²) in [5.74, 6) is -0.146. The lowest BCUT2D eigenvalue weighted by Gasteiger charge is -2.41. The summed E-state index contributed by atoms with van der Waals surface area (Å²) >= 11 is 0. The molecule has 11 heteroatoms. The summed E-state index contributed by atoms with van der Waals surface area (Å²) in [6.07, 6.45) is 5.70. The summed E-state index contributed by atoms with van der Waals surface area (Å²) in [4.78, 5) is 21.2. The van der Waals surface area contributed by atoms with Crippen LogP contribution in [-0.4, -0.2) is 68.5 Å². The van der Waals surface area contributed by atoms with Gasteiger partial charge < -0.3 is 19.5 Å². The molecule has 3 aliphatic rings. The molecule has 6 heterocycles. The minimum absolute atomic E-state index is 0.0236. The maximum atomic E-state index is 14.3. The van der Waals surface area contributed by atoms with Gasteiger partial charge >= 0.3 is 5.97 Å². The van der Waals surface area contributed by atoms with Crippen molar-refractivity contribution in [2.24, 2.45) is 0 Å². The Labute approximate surface area is 247 Å². The third-order valence-electron chi connectivity index (χ3n) is 8.75. The quantitative estimate of drug-likeness (QED) is 0.310. The number of anilines is 1. The highest BCUT2D eigenvalue weighted by atomic mass is 19.1. The number of fused-ring (bicyclic) bond motifs is 3. The van der Waals surface area contributed by atoms with Crippen LogP contribution in [0.5, 0.6) is 5.88 Å². The standard InChI is InChI=1S/C32H31FN6O4/c33-27-12-20(15-34)4-5-22(27)19-43-31-3-1-2-30(35-31)39-23-6-7-24(39)17-37(16-23)18-28-26(14-25-9-11-42-25)29-13-21(32(40)41)8-10-38(29)36-28/h1-5,8,10,12-13,23-25H,6-7,9,11,14,16-19H2,(H,40,41)/t23?,24?,25-/m0/s1. The van der Waals surface area contributed by atoms with Crippen molar-refractivity contribution in [3.63, 3.8) is 0 Å². The van der Waals surface area contributed by atoms with Crippen LogP contribution in [0.1, 0.15) is 52.0 Å². The average molecular weight is 583 g/mol. The van der Waals surface area contributed by atoms with Gasteiger partial charge in [-0.25, -0.2) is 13.7 Å². The average Bonchev–Trinajstić information content (AvgIpc) is 3.46. The number of aromatic carboxylic acids is 1. The first kappa shape index (κ1) is 27.3. The highest BCUT2D eigenvalue weighted by molar-refractivity contribution is 5.89. The number of ether oxygens (including phenoxy) is 2. The van der Waals surface area contributed by atoms with E-state index in [1.165, 1.54) is 6.07 Å². The van der Waals surface area contributed by atoms with Crippen molar-refractivity contribution in [3.8, 4) is 11.9 Å². The van der Waals surface area contributed by atoms with Gasteiger partial charge in [0.1, 0.15) is 18.2 Å². The zero-order valence-corrected chi connectivity index (χ0v) is 23.5. The second kappa shape index (κ2) is 11.3. The van der Waals surface area contributed by atoms with Gasteiger partial charge in [-0.05, 0) is 49.6 Å². The smallest absolute Gasteiger partial charge is 0.335 e. The third-order valence-corrected chi connectivity index (χ3v) is 8.75. The molecule has 0 aliphatic carbocycles. The number of carboxylic acid groups (broad SMARTS) is 1. The van der Waals surface area contributed by atoms with E-state index in [2.05, 4.69) is 9.80 Å². The molecule has 4 aromatic rings. The van der Waals surface area contributed by atoms with E-state index in [1.807, 2.05) is 18.2 Å². The fourth-order valence-corrected chi connectivity index (χ4v) is 6.52. The molecule has 43 heavy (non-hydrogen) atoms. The topological polar surface area (TPSA) is 116 Å². The summed E-state index contributed by atoms with van der Waals surface area (Å²) in [5.41, 5.74) is 3.75. The molecular formula is C32H31FN6O4. The monoisotopic (exact) mass is 582 g/mol. The minimum atomic E-state index is -0.951. The number of halogens is 1. The Morgan fingerprint density at radius 2 is 1.95 bits per heavy atom. The van der Waals surface area contributed by atoms with Crippen molar-refractivity contribution in [1.29, 1.82) is 5.26 Å². The van der Waals surface area contributed by atoms with Crippen molar-refractivity contribution in [3.05, 3.63) is 88.5 Å². The molecule has 3 aliphatic heterocycles. The molecule has 3 atom stereocenters. The lowest BCUT2D eigenvalue weighted by atomic mass is 10.0. The Kier molecular flexibility index (Phi) is 7.16. The Morgan fingerprint density at radius 1 is 1.14 bits per heavy atom. The molecule has 0 radical (unpaired) electrons. The SMILES string of the molecule is N#Cc1ccc(COc2cccc(N3C4CCC3CN(Cc3nn5ccc(C(=O)O)cc5c3C[C@@H]3CCO3)C4)n2)c(F)c1. The van der Waals surface area contributed by atoms with E-state index in [-0.39, 0.29) is 35.9 Å². The number of piperazine rings is 1. The van der Waals surface area contributed by atoms with Gasteiger partial charge in [-0.15, -0.1) is 0 Å². The van der Waals surface area contributed by atoms with Crippen LogP contribution in [0, 0.1) is 17.1 Å². The van der Waals surface area contributed by atoms with E-state index in [1.54, 1.807) is 41.0 Å². The number of carboxylic acids is 1. The Bertz CT molecular complexity index is 1720. The molecule has 2 bridgehead atoms. The van der Waals surface area contributed by atoms with Crippen molar-refractivity contribution in [2.45, 2.75) is 57.0 Å². The molecule has 7 rings (SSSR count). The van der Waals surface area contributed by atoms with E-state index in [0.717, 1.165) is 68.0 Å². The van der Waals surface area contributed by atoms with Crippen LogP contribution in [0.3, 0.4) is 0 Å². The van der Waals surface area contributed by atoms with Crippen molar-refractivity contribution in [2.75, 3.05) is 24.6 Å². The van der Waals surface area contributed by atoms with Crippen LogP contribution >= 0.6 is 0 Å². The number of hydrogen-bond donors (Lipinski definition) is 1. The van der Waals surface area contributed by atoms with Crippen LogP contribution in [-0.2, 0) is 24.3 Å². The Hall–Kier alpha value is -4.53. The summed E-state index contributed by atoms with van der Waals surface area (Å²) in [5, 5.41) is 23.4. The van der Waals surface area contributed by atoms with Crippen molar-refractivity contribution >= 4 is 17.3 Å². The van der Waals surface area contributed by atoms with Gasteiger partial charge in [0, 0.05) is 68.1 Å². The highest BCUT2D eigenvalue weighted by Gasteiger charge is 2.41. The normalized spacial score (nSPS) is 21.5. The predicted octanol–water partition coefficient (Wildman–Crippen LogP) is 4.20. The molecule has 3 saturated heterocycles.